The van der Waals surface area contributed by atoms with Crippen LogP contribution >= 0.6 is 0 Å². The molecule has 0 fully saturated rings. The van der Waals surface area contributed by atoms with Crippen LogP contribution in [0.2, 0.25) is 0 Å². The van der Waals surface area contributed by atoms with Gasteiger partial charge in [0.25, 0.3) is 0 Å². The lowest BCUT2D eigenvalue weighted by atomic mass is 9.82. The van der Waals surface area contributed by atoms with Gasteiger partial charge in [0.1, 0.15) is 0 Å². The lowest BCUT2D eigenvalue weighted by molar-refractivity contribution is 0.660. The third-order valence-corrected chi connectivity index (χ3v) is 12.2. The van der Waals surface area contributed by atoms with Crippen LogP contribution in [0.25, 0.3) is 71.6 Å². The zero-order valence-corrected chi connectivity index (χ0v) is 32.0. The largest absolute Gasteiger partial charge is 0.310 e. The SMILES string of the molecule is CC1(C)c2ccccc2-c2c(N(c3ccc(-c4ccc(-n5c6ccccc6c6ccccc65)cc4)cc3)c3cccc(-c4ccc5ccccc5c4)c3)cccc21. The van der Waals surface area contributed by atoms with E-state index in [1.165, 1.54) is 82.8 Å². The Balaban J connectivity index is 1.02. The van der Waals surface area contributed by atoms with E-state index in [-0.39, 0.29) is 5.41 Å². The summed E-state index contributed by atoms with van der Waals surface area (Å²) in [6.07, 6.45) is 0. The highest BCUT2D eigenvalue weighted by atomic mass is 15.1. The highest BCUT2D eigenvalue weighted by molar-refractivity contribution is 6.09. The van der Waals surface area contributed by atoms with Crippen molar-refractivity contribution in [2.75, 3.05) is 4.90 Å². The van der Waals surface area contributed by atoms with Gasteiger partial charge in [0.2, 0.25) is 0 Å². The summed E-state index contributed by atoms with van der Waals surface area (Å²) in [6.45, 7) is 4.71. The molecule has 11 rings (SSSR count). The maximum absolute atomic E-state index is 2.46. The van der Waals surface area contributed by atoms with Crippen molar-refractivity contribution in [1.29, 1.82) is 0 Å². The Hall–Kier alpha value is -7.16. The van der Waals surface area contributed by atoms with E-state index in [4.69, 9.17) is 0 Å². The fourth-order valence-electron chi connectivity index (χ4n) is 9.35. The van der Waals surface area contributed by atoms with Gasteiger partial charge in [-0.1, -0.05) is 159 Å². The van der Waals surface area contributed by atoms with Crippen molar-refractivity contribution in [1.82, 2.24) is 4.57 Å². The van der Waals surface area contributed by atoms with Gasteiger partial charge in [-0.2, -0.15) is 0 Å². The minimum absolute atomic E-state index is 0.101. The first-order valence-corrected chi connectivity index (χ1v) is 19.8. The molecule has 10 aromatic rings. The van der Waals surface area contributed by atoms with E-state index >= 15 is 0 Å². The van der Waals surface area contributed by atoms with Crippen LogP contribution < -0.4 is 4.90 Å². The molecule has 57 heavy (non-hydrogen) atoms. The molecular formula is C55H40N2. The topological polar surface area (TPSA) is 8.17 Å². The first kappa shape index (κ1) is 33.2. The zero-order chi connectivity index (χ0) is 38.1. The molecule has 1 aliphatic carbocycles. The molecule has 0 amide bonds. The van der Waals surface area contributed by atoms with E-state index in [1.807, 2.05) is 0 Å². The Morgan fingerprint density at radius 2 is 0.982 bits per heavy atom. The quantitative estimate of drug-likeness (QED) is 0.165. The number of fused-ring (bicyclic) bond motifs is 7. The summed E-state index contributed by atoms with van der Waals surface area (Å²) < 4.78 is 2.37. The van der Waals surface area contributed by atoms with Crippen LogP contribution in [0.5, 0.6) is 0 Å². The van der Waals surface area contributed by atoms with Gasteiger partial charge in [-0.05, 0) is 110 Å². The van der Waals surface area contributed by atoms with Crippen LogP contribution in [0.1, 0.15) is 25.0 Å². The lowest BCUT2D eigenvalue weighted by Gasteiger charge is -2.29. The van der Waals surface area contributed by atoms with Crippen molar-refractivity contribution in [2.45, 2.75) is 19.3 Å². The predicted molar refractivity (Wildman–Crippen MR) is 241 cm³/mol. The van der Waals surface area contributed by atoms with Gasteiger partial charge >= 0.3 is 0 Å². The van der Waals surface area contributed by atoms with Gasteiger partial charge in [-0.3, -0.25) is 0 Å². The van der Waals surface area contributed by atoms with E-state index < -0.39 is 0 Å². The zero-order valence-electron chi connectivity index (χ0n) is 32.0. The van der Waals surface area contributed by atoms with E-state index in [1.54, 1.807) is 0 Å². The molecule has 0 aliphatic heterocycles. The smallest absolute Gasteiger partial charge is 0.0543 e. The second-order valence-corrected chi connectivity index (χ2v) is 15.8. The molecule has 1 aromatic heterocycles. The van der Waals surface area contributed by atoms with Gasteiger partial charge in [0.05, 0.1) is 16.7 Å². The van der Waals surface area contributed by atoms with Gasteiger partial charge < -0.3 is 9.47 Å². The Kier molecular flexibility index (Phi) is 7.55. The molecule has 0 atom stereocenters. The summed E-state index contributed by atoms with van der Waals surface area (Å²) in [4.78, 5) is 2.46. The monoisotopic (exact) mass is 728 g/mol. The number of anilines is 3. The van der Waals surface area contributed by atoms with Gasteiger partial charge in [0.15, 0.2) is 0 Å². The predicted octanol–water partition coefficient (Wildman–Crippen LogP) is 15.0. The summed E-state index contributed by atoms with van der Waals surface area (Å²) in [5.74, 6) is 0. The van der Waals surface area contributed by atoms with E-state index in [0.717, 1.165) is 17.1 Å². The van der Waals surface area contributed by atoms with Crippen LogP contribution in [0.4, 0.5) is 17.1 Å². The lowest BCUT2D eigenvalue weighted by Crippen LogP contribution is -2.16. The number of hydrogen-bond donors (Lipinski definition) is 0. The molecule has 2 heteroatoms. The first-order valence-electron chi connectivity index (χ1n) is 19.8. The average molecular weight is 729 g/mol. The van der Waals surface area contributed by atoms with E-state index in [9.17, 15) is 0 Å². The molecule has 0 N–H and O–H groups in total. The minimum Gasteiger partial charge on any atom is -0.310 e. The molecule has 270 valence electrons. The van der Waals surface area contributed by atoms with Crippen molar-refractivity contribution in [3.63, 3.8) is 0 Å². The number of aromatic nitrogens is 1. The fourth-order valence-corrected chi connectivity index (χ4v) is 9.35. The number of para-hydroxylation sites is 2. The maximum Gasteiger partial charge on any atom is 0.0543 e. The van der Waals surface area contributed by atoms with Crippen LogP contribution in [-0.4, -0.2) is 4.57 Å². The molecule has 0 radical (unpaired) electrons. The molecule has 0 bridgehead atoms. The summed E-state index contributed by atoms with van der Waals surface area (Å²) in [7, 11) is 0. The van der Waals surface area contributed by atoms with Gasteiger partial charge in [-0.25, -0.2) is 0 Å². The van der Waals surface area contributed by atoms with E-state index in [0.29, 0.717) is 0 Å². The van der Waals surface area contributed by atoms with Crippen LogP contribution in [-0.2, 0) is 5.41 Å². The molecular weight excluding hydrogens is 689 g/mol. The van der Waals surface area contributed by atoms with Crippen molar-refractivity contribution >= 4 is 49.6 Å². The molecule has 1 heterocycles. The summed E-state index contributed by atoms with van der Waals surface area (Å²) in [5, 5.41) is 5.05. The number of rotatable bonds is 6. The summed E-state index contributed by atoms with van der Waals surface area (Å²) in [6, 6.07) is 75.6. The maximum atomic E-state index is 2.46. The number of hydrogen-bond acceptors (Lipinski definition) is 1. The van der Waals surface area contributed by atoms with Crippen LogP contribution in [0, 0.1) is 0 Å². The highest BCUT2D eigenvalue weighted by Gasteiger charge is 2.37. The van der Waals surface area contributed by atoms with Crippen molar-refractivity contribution in [2.24, 2.45) is 0 Å². The van der Waals surface area contributed by atoms with Crippen molar-refractivity contribution in [3.05, 3.63) is 217 Å². The van der Waals surface area contributed by atoms with Crippen LogP contribution in [0.15, 0.2) is 206 Å². The molecule has 0 spiro atoms. The molecule has 0 saturated heterocycles. The molecule has 2 nitrogen and oxygen atoms in total. The second-order valence-electron chi connectivity index (χ2n) is 15.8. The standard InChI is InChI=1S/C55H40N2/c1-55(2)49-20-8-5-19-48(49)54-50(55)21-12-24-53(54)56(45-16-11-15-41(36-45)42-26-25-37-13-3-4-14-40(37)35-42)43-31-27-38(28-32-43)39-29-33-44(34-30-39)57-51-22-9-6-17-46(51)47-18-7-10-23-52(47)57/h3-36H,1-2H3. The Morgan fingerprint density at radius 3 is 1.74 bits per heavy atom. The van der Waals surface area contributed by atoms with Crippen LogP contribution in [0.3, 0.4) is 0 Å². The third-order valence-electron chi connectivity index (χ3n) is 12.2. The highest BCUT2D eigenvalue weighted by Crippen LogP contribution is 2.54. The van der Waals surface area contributed by atoms with Crippen molar-refractivity contribution in [3.8, 4) is 39.1 Å². The van der Waals surface area contributed by atoms with Gasteiger partial charge in [0, 0.05) is 38.8 Å². The average Bonchev–Trinajstić information content (AvgIpc) is 3.73. The number of nitrogens with zero attached hydrogens (tertiary/aromatic N) is 2. The van der Waals surface area contributed by atoms with Crippen molar-refractivity contribution < 1.29 is 0 Å². The first-order chi connectivity index (χ1) is 28.0. The van der Waals surface area contributed by atoms with Gasteiger partial charge in [-0.15, -0.1) is 0 Å². The second kappa shape index (κ2) is 13.0. The molecule has 1 aliphatic rings. The van der Waals surface area contributed by atoms with E-state index in [2.05, 4.69) is 230 Å². The Bertz CT molecular complexity index is 3090. The number of benzene rings is 9. The molecule has 0 unspecified atom stereocenters. The fraction of sp³-hybridized carbons (Fsp3) is 0.0545. The third kappa shape index (κ3) is 5.33. The normalized spacial score (nSPS) is 12.9. The summed E-state index contributed by atoms with van der Waals surface area (Å²) >= 11 is 0. The summed E-state index contributed by atoms with van der Waals surface area (Å²) in [5.41, 5.74) is 17.0. The Labute approximate surface area is 333 Å². The molecule has 0 saturated carbocycles. The minimum atomic E-state index is -0.101. The molecule has 9 aromatic carbocycles. The Morgan fingerprint density at radius 1 is 0.404 bits per heavy atom.